The summed E-state index contributed by atoms with van der Waals surface area (Å²) in [5.74, 6) is -4.09. The summed E-state index contributed by atoms with van der Waals surface area (Å²) in [6, 6.07) is -1.46. The highest BCUT2D eigenvalue weighted by molar-refractivity contribution is 6.43. The zero-order chi connectivity index (χ0) is 21.0. The molecule has 0 saturated carbocycles. The summed E-state index contributed by atoms with van der Waals surface area (Å²) in [5.41, 5.74) is 3.30. The summed E-state index contributed by atoms with van der Waals surface area (Å²) < 4.78 is 40.3. The van der Waals surface area contributed by atoms with Gasteiger partial charge in [-0.25, -0.2) is 0 Å². The van der Waals surface area contributed by atoms with E-state index in [1.54, 1.807) is 0 Å². The van der Waals surface area contributed by atoms with Gasteiger partial charge in [-0.05, 0) is 19.3 Å². The minimum atomic E-state index is -4.67. The molecule has 1 aliphatic rings. The molecule has 0 spiro atoms. The first-order valence-electron chi connectivity index (χ1n) is 8.67. The van der Waals surface area contributed by atoms with Crippen molar-refractivity contribution in [2.45, 2.75) is 51.8 Å². The van der Waals surface area contributed by atoms with Gasteiger partial charge < -0.3 is 21.1 Å². The van der Waals surface area contributed by atoms with Gasteiger partial charge in [0.15, 0.2) is 5.78 Å². The number of carbonyl (C=O) groups excluding carboxylic acids is 2. The topological polar surface area (TPSA) is 113 Å². The fourth-order valence-electron chi connectivity index (χ4n) is 2.96. The Labute approximate surface area is 156 Å². The first-order chi connectivity index (χ1) is 12.3. The smallest absolute Gasteiger partial charge is 0.426 e. The number of carbonyl (C=O) groups is 2. The number of alkyl halides is 3. The molecule has 1 aliphatic carbocycles. The predicted octanol–water partition coefficient (Wildman–Crippen LogP) is 1.13. The first-order valence-corrected chi connectivity index (χ1v) is 8.67. The van der Waals surface area contributed by atoms with E-state index in [0.717, 1.165) is 19.1 Å². The Morgan fingerprint density at radius 2 is 1.89 bits per heavy atom. The van der Waals surface area contributed by atoms with Gasteiger partial charge in [0.1, 0.15) is 0 Å². The van der Waals surface area contributed by atoms with Gasteiger partial charge in [-0.15, -0.1) is 0 Å². The third kappa shape index (κ3) is 5.92. The van der Waals surface area contributed by atoms with Crippen molar-refractivity contribution in [3.8, 4) is 0 Å². The number of nitrogens with two attached hydrogens (primary N) is 1. The number of halogens is 3. The van der Waals surface area contributed by atoms with Crippen molar-refractivity contribution >= 4 is 18.8 Å². The van der Waals surface area contributed by atoms with Gasteiger partial charge in [-0.3, -0.25) is 9.59 Å². The molecule has 5 N–H and O–H groups in total. The van der Waals surface area contributed by atoms with Gasteiger partial charge >= 0.3 is 13.3 Å². The molecule has 0 saturated heterocycles. The van der Waals surface area contributed by atoms with Gasteiger partial charge in [0.05, 0.1) is 23.3 Å². The molecule has 3 unspecified atom stereocenters. The Morgan fingerprint density at radius 1 is 1.30 bits per heavy atom. The lowest BCUT2D eigenvalue weighted by atomic mass is 9.70. The average molecular weight is 390 g/mol. The molecule has 10 heteroatoms. The Balaban J connectivity index is 2.82. The van der Waals surface area contributed by atoms with Crippen LogP contribution in [0, 0.1) is 17.3 Å². The van der Waals surface area contributed by atoms with Crippen molar-refractivity contribution in [1.29, 1.82) is 0 Å². The molecular weight excluding hydrogens is 364 g/mol. The van der Waals surface area contributed by atoms with Gasteiger partial charge in [-0.2, -0.15) is 13.2 Å². The van der Waals surface area contributed by atoms with E-state index in [0.29, 0.717) is 0 Å². The standard InChI is InChI=1S/C17H26BF3N2O4/c1-10(2)8-13(18(26)27)23-14(24)9-12(22)15(25)11-6-4-5-7-16(11,3)17(19,20)21/h4-7,10-13,26-27H,8-9,22H2,1-3H3,(H,23,24)/t11?,12?,13-,16?/m0/s1. The van der Waals surface area contributed by atoms with Crippen LogP contribution in [-0.4, -0.2) is 47.0 Å². The van der Waals surface area contributed by atoms with Crippen LogP contribution in [0.1, 0.15) is 33.6 Å². The summed E-state index contributed by atoms with van der Waals surface area (Å²) in [6.07, 6.45) is -0.356. The third-order valence-electron chi connectivity index (χ3n) is 4.62. The Kier molecular flexibility index (Phi) is 7.82. The number of hydrogen-bond acceptors (Lipinski definition) is 5. The van der Waals surface area contributed by atoms with Gasteiger partial charge in [0.2, 0.25) is 5.91 Å². The van der Waals surface area contributed by atoms with E-state index >= 15 is 0 Å². The van der Waals surface area contributed by atoms with Crippen molar-refractivity contribution in [3.05, 3.63) is 24.3 Å². The maximum absolute atomic E-state index is 13.4. The van der Waals surface area contributed by atoms with Gasteiger partial charge in [0.25, 0.3) is 0 Å². The van der Waals surface area contributed by atoms with Crippen LogP contribution in [-0.2, 0) is 9.59 Å². The van der Waals surface area contributed by atoms with Crippen molar-refractivity contribution < 1.29 is 32.8 Å². The molecule has 0 aromatic heterocycles. The van der Waals surface area contributed by atoms with Gasteiger partial charge in [-0.1, -0.05) is 38.2 Å². The highest BCUT2D eigenvalue weighted by atomic mass is 19.4. The Hall–Kier alpha value is -1.65. The van der Waals surface area contributed by atoms with Crippen LogP contribution in [0.15, 0.2) is 24.3 Å². The first kappa shape index (κ1) is 23.4. The molecule has 1 amide bonds. The molecule has 0 fully saturated rings. The average Bonchev–Trinajstić information content (AvgIpc) is 2.52. The molecule has 0 aromatic carbocycles. The van der Waals surface area contributed by atoms with Crippen molar-refractivity contribution in [3.63, 3.8) is 0 Å². The van der Waals surface area contributed by atoms with E-state index in [9.17, 15) is 32.8 Å². The molecule has 0 aliphatic heterocycles. The number of amides is 1. The normalized spacial score (nSPS) is 24.6. The molecule has 0 bridgehead atoms. The molecule has 0 aromatic rings. The van der Waals surface area contributed by atoms with E-state index in [4.69, 9.17) is 5.73 Å². The number of hydrogen-bond donors (Lipinski definition) is 4. The Morgan fingerprint density at radius 3 is 2.37 bits per heavy atom. The summed E-state index contributed by atoms with van der Waals surface area (Å²) in [5, 5.41) is 21.0. The monoisotopic (exact) mass is 390 g/mol. The quantitative estimate of drug-likeness (QED) is 0.464. The largest absolute Gasteiger partial charge is 0.475 e. The lowest BCUT2D eigenvalue weighted by Gasteiger charge is -2.37. The van der Waals surface area contributed by atoms with Crippen molar-refractivity contribution in [1.82, 2.24) is 5.32 Å². The number of nitrogens with one attached hydrogen (secondary N) is 1. The van der Waals surface area contributed by atoms with Crippen molar-refractivity contribution in [2.24, 2.45) is 23.0 Å². The van der Waals surface area contributed by atoms with E-state index in [2.05, 4.69) is 5.32 Å². The van der Waals surface area contributed by atoms with Crippen LogP contribution >= 0.6 is 0 Å². The molecule has 27 heavy (non-hydrogen) atoms. The number of rotatable bonds is 8. The van der Waals surface area contributed by atoms with E-state index in [1.165, 1.54) is 12.2 Å². The Bertz CT molecular complexity index is 607. The zero-order valence-corrected chi connectivity index (χ0v) is 15.5. The highest BCUT2D eigenvalue weighted by Gasteiger charge is 2.56. The summed E-state index contributed by atoms with van der Waals surface area (Å²) in [4.78, 5) is 24.6. The lowest BCUT2D eigenvalue weighted by Crippen LogP contribution is -2.51. The van der Waals surface area contributed by atoms with Crippen LogP contribution in [0.25, 0.3) is 0 Å². The second-order valence-corrected chi connectivity index (χ2v) is 7.43. The molecule has 4 atom stereocenters. The summed E-state index contributed by atoms with van der Waals surface area (Å²) in [7, 11) is -1.80. The van der Waals surface area contributed by atoms with Crippen LogP contribution < -0.4 is 11.1 Å². The summed E-state index contributed by atoms with van der Waals surface area (Å²) in [6.45, 7) is 4.54. The molecule has 152 valence electrons. The summed E-state index contributed by atoms with van der Waals surface area (Å²) >= 11 is 0. The van der Waals surface area contributed by atoms with Crippen LogP contribution in [0.4, 0.5) is 13.2 Å². The molecule has 0 heterocycles. The number of Topliss-reactive ketones (excluding diaryl/α,β-unsaturated/α-hetero) is 1. The third-order valence-corrected chi connectivity index (χ3v) is 4.62. The molecule has 1 rings (SSSR count). The minimum Gasteiger partial charge on any atom is -0.426 e. The van der Waals surface area contributed by atoms with E-state index in [1.807, 2.05) is 13.8 Å². The maximum atomic E-state index is 13.4. The second kappa shape index (κ2) is 9.03. The minimum absolute atomic E-state index is 0.0547. The fourth-order valence-corrected chi connectivity index (χ4v) is 2.96. The van der Waals surface area contributed by atoms with Crippen LogP contribution in [0.3, 0.4) is 0 Å². The maximum Gasteiger partial charge on any atom is 0.475 e. The highest BCUT2D eigenvalue weighted by Crippen LogP contribution is 2.47. The molecule has 6 nitrogen and oxygen atoms in total. The van der Waals surface area contributed by atoms with Crippen LogP contribution in [0.2, 0.25) is 0 Å². The SMILES string of the molecule is CC(C)C[C@H](NC(=O)CC(N)C(=O)C1C=CC=CC1(C)C(F)(F)F)B(O)O. The number of ketones is 1. The van der Waals surface area contributed by atoms with E-state index < -0.39 is 54.7 Å². The zero-order valence-electron chi connectivity index (χ0n) is 15.5. The molecule has 0 radical (unpaired) electrons. The van der Waals surface area contributed by atoms with E-state index in [-0.39, 0.29) is 12.3 Å². The lowest BCUT2D eigenvalue weighted by molar-refractivity contribution is -0.212. The molecular formula is C17H26BF3N2O4. The van der Waals surface area contributed by atoms with Crippen molar-refractivity contribution in [2.75, 3.05) is 0 Å². The predicted molar refractivity (Wildman–Crippen MR) is 95.1 cm³/mol. The van der Waals surface area contributed by atoms with Crippen LogP contribution in [0.5, 0.6) is 0 Å². The number of allylic oxidation sites excluding steroid dienone is 4. The fraction of sp³-hybridized carbons (Fsp3) is 0.647. The van der Waals surface area contributed by atoms with Gasteiger partial charge in [0, 0.05) is 6.42 Å². The second-order valence-electron chi connectivity index (χ2n) is 7.43.